The summed E-state index contributed by atoms with van der Waals surface area (Å²) in [6.45, 7) is 3.54. The Hall–Kier alpha value is -1.46. The molecule has 2 rings (SSSR count). The van der Waals surface area contributed by atoms with Gasteiger partial charge in [0.2, 0.25) is 0 Å². The predicted molar refractivity (Wildman–Crippen MR) is 94.3 cm³/mol. The molecule has 0 aliphatic heterocycles. The Kier molecular flexibility index (Phi) is 6.14. The van der Waals surface area contributed by atoms with E-state index in [4.69, 9.17) is 5.73 Å². The summed E-state index contributed by atoms with van der Waals surface area (Å²) >= 11 is 3.52. The second kappa shape index (κ2) is 8.10. The Bertz CT molecular complexity index is 592. The molecule has 1 heterocycles. The second-order valence-electron chi connectivity index (χ2n) is 4.77. The lowest BCUT2D eigenvalue weighted by molar-refractivity contribution is 0.855. The number of benzene rings is 1. The number of nitrogens with zero attached hydrogens (tertiary/aromatic N) is 1. The number of guanidine groups is 1. The number of hydrogen-bond donors (Lipinski definition) is 2. The number of aliphatic imine (C=N–C) groups is 1. The van der Waals surface area contributed by atoms with Crippen LogP contribution in [0.15, 0.2) is 45.6 Å². The highest BCUT2D eigenvalue weighted by atomic mass is 32.2. The van der Waals surface area contributed by atoms with Gasteiger partial charge in [-0.25, -0.2) is 4.99 Å². The number of hydrogen-bond acceptors (Lipinski definition) is 3. The van der Waals surface area contributed by atoms with Gasteiger partial charge in [0, 0.05) is 16.3 Å². The van der Waals surface area contributed by atoms with Crippen LogP contribution in [0.25, 0.3) is 0 Å². The molecule has 0 saturated heterocycles. The third-order valence-corrected chi connectivity index (χ3v) is 4.88. The summed E-state index contributed by atoms with van der Waals surface area (Å²) in [5, 5.41) is 5.26. The molecule has 0 radical (unpaired) electrons. The summed E-state index contributed by atoms with van der Waals surface area (Å²) in [6, 6.07) is 10.6. The normalized spacial score (nSPS) is 11.6. The van der Waals surface area contributed by atoms with Crippen molar-refractivity contribution in [1.29, 1.82) is 0 Å². The van der Waals surface area contributed by atoms with Crippen molar-refractivity contribution in [1.82, 2.24) is 5.32 Å². The molecule has 112 valence electrons. The maximum atomic E-state index is 5.92. The van der Waals surface area contributed by atoms with Gasteiger partial charge in [-0.05, 0) is 48.2 Å². The molecule has 0 aliphatic carbocycles. The molecule has 0 bridgehead atoms. The van der Waals surface area contributed by atoms with Crippen LogP contribution in [-0.4, -0.2) is 18.8 Å². The van der Waals surface area contributed by atoms with Gasteiger partial charge < -0.3 is 11.1 Å². The van der Waals surface area contributed by atoms with Gasteiger partial charge >= 0.3 is 0 Å². The first-order chi connectivity index (χ1) is 10.2. The van der Waals surface area contributed by atoms with Crippen molar-refractivity contribution in [3.63, 3.8) is 0 Å². The van der Waals surface area contributed by atoms with Gasteiger partial charge in [0.25, 0.3) is 0 Å². The molecule has 0 aliphatic rings. The largest absolute Gasteiger partial charge is 0.370 e. The topological polar surface area (TPSA) is 50.4 Å². The fourth-order valence-corrected chi connectivity index (χ4v) is 3.38. The van der Waals surface area contributed by atoms with Gasteiger partial charge in [0.1, 0.15) is 0 Å². The summed E-state index contributed by atoms with van der Waals surface area (Å²) in [6.07, 6.45) is 3.07. The molecule has 0 saturated carbocycles. The van der Waals surface area contributed by atoms with Crippen molar-refractivity contribution in [2.75, 3.05) is 12.8 Å². The number of thiophene rings is 1. The van der Waals surface area contributed by atoms with Crippen molar-refractivity contribution < 1.29 is 0 Å². The summed E-state index contributed by atoms with van der Waals surface area (Å²) in [5.74, 6) is 0.513. The molecule has 3 nitrogen and oxygen atoms in total. The van der Waals surface area contributed by atoms with Crippen LogP contribution in [0.2, 0.25) is 0 Å². The molecular weight excluding hydrogens is 298 g/mol. The van der Waals surface area contributed by atoms with Crippen molar-refractivity contribution >= 4 is 29.1 Å². The van der Waals surface area contributed by atoms with Crippen molar-refractivity contribution in [2.24, 2.45) is 10.7 Å². The van der Waals surface area contributed by atoms with E-state index in [9.17, 15) is 0 Å². The third-order valence-electron chi connectivity index (χ3n) is 3.12. The summed E-state index contributed by atoms with van der Waals surface area (Å²) in [5.41, 5.74) is 8.41. The summed E-state index contributed by atoms with van der Waals surface area (Å²) in [4.78, 5) is 7.05. The molecule has 0 atom stereocenters. The van der Waals surface area contributed by atoms with Crippen LogP contribution in [0.1, 0.15) is 16.0 Å². The van der Waals surface area contributed by atoms with E-state index in [-0.39, 0.29) is 0 Å². The van der Waals surface area contributed by atoms with E-state index in [1.807, 2.05) is 0 Å². The second-order valence-corrected chi connectivity index (χ2v) is 6.65. The van der Waals surface area contributed by atoms with E-state index in [1.165, 1.54) is 20.9 Å². The monoisotopic (exact) mass is 319 g/mol. The van der Waals surface area contributed by atoms with Gasteiger partial charge in [-0.1, -0.05) is 18.2 Å². The highest BCUT2D eigenvalue weighted by molar-refractivity contribution is 7.98. The molecular formula is C16H21N3S2. The first-order valence-corrected chi connectivity index (χ1v) is 8.99. The third kappa shape index (κ3) is 5.10. The van der Waals surface area contributed by atoms with Gasteiger partial charge in [0.15, 0.2) is 5.96 Å². The molecule has 2 aromatic rings. The van der Waals surface area contributed by atoms with Gasteiger partial charge in [0.05, 0.1) is 6.54 Å². The van der Waals surface area contributed by atoms with Gasteiger partial charge in [-0.2, -0.15) is 0 Å². The molecule has 21 heavy (non-hydrogen) atoms. The Balaban J connectivity index is 1.85. The van der Waals surface area contributed by atoms with Crippen LogP contribution in [0.3, 0.4) is 0 Å². The molecule has 0 unspecified atom stereocenters. The quantitative estimate of drug-likeness (QED) is 0.487. The van der Waals surface area contributed by atoms with Crippen LogP contribution in [-0.2, 0) is 13.0 Å². The van der Waals surface area contributed by atoms with E-state index < -0.39 is 0 Å². The van der Waals surface area contributed by atoms with E-state index >= 15 is 0 Å². The fraction of sp³-hybridized carbons (Fsp3) is 0.312. The fourth-order valence-electron chi connectivity index (χ4n) is 1.98. The minimum atomic E-state index is 0.513. The maximum absolute atomic E-state index is 5.92. The molecule has 0 spiro atoms. The Morgan fingerprint density at radius 2 is 2.24 bits per heavy atom. The minimum absolute atomic E-state index is 0.513. The zero-order valence-electron chi connectivity index (χ0n) is 12.4. The number of aryl methyl sites for hydroxylation is 1. The molecule has 1 aromatic heterocycles. The Morgan fingerprint density at radius 1 is 1.38 bits per heavy atom. The number of rotatable bonds is 6. The van der Waals surface area contributed by atoms with E-state index in [1.54, 1.807) is 23.1 Å². The molecule has 0 amide bonds. The number of nitrogens with one attached hydrogen (secondary N) is 1. The van der Waals surface area contributed by atoms with Gasteiger partial charge in [-0.3, -0.25) is 0 Å². The van der Waals surface area contributed by atoms with Crippen LogP contribution >= 0.6 is 23.1 Å². The molecule has 5 heteroatoms. The van der Waals surface area contributed by atoms with Crippen LogP contribution < -0.4 is 11.1 Å². The summed E-state index contributed by atoms with van der Waals surface area (Å²) < 4.78 is 0. The Labute approximate surface area is 134 Å². The number of thioether (sulfide) groups is 1. The lowest BCUT2D eigenvalue weighted by atomic mass is 10.1. The van der Waals surface area contributed by atoms with Crippen LogP contribution in [0.4, 0.5) is 0 Å². The minimum Gasteiger partial charge on any atom is -0.370 e. The molecule has 3 N–H and O–H groups in total. The lowest BCUT2D eigenvalue weighted by Gasteiger charge is -2.08. The van der Waals surface area contributed by atoms with Crippen LogP contribution in [0.5, 0.6) is 0 Å². The van der Waals surface area contributed by atoms with E-state index in [2.05, 4.69) is 59.2 Å². The first-order valence-electron chi connectivity index (χ1n) is 6.88. The zero-order valence-corrected chi connectivity index (χ0v) is 14.1. The Morgan fingerprint density at radius 3 is 2.95 bits per heavy atom. The SMILES string of the molecule is CSc1cc(C)ccc1CN=C(N)NCCc1cccs1. The van der Waals surface area contributed by atoms with Crippen LogP contribution in [0, 0.1) is 6.92 Å². The van der Waals surface area contributed by atoms with Gasteiger partial charge in [-0.15, -0.1) is 23.1 Å². The van der Waals surface area contributed by atoms with E-state index in [0.29, 0.717) is 12.5 Å². The number of nitrogens with two attached hydrogens (primary N) is 1. The zero-order chi connectivity index (χ0) is 15.1. The first kappa shape index (κ1) is 15.9. The highest BCUT2D eigenvalue weighted by Gasteiger charge is 2.01. The van der Waals surface area contributed by atoms with Crippen molar-refractivity contribution in [3.05, 3.63) is 51.7 Å². The average molecular weight is 319 g/mol. The highest BCUT2D eigenvalue weighted by Crippen LogP contribution is 2.22. The standard InChI is InChI=1S/C16H21N3S2/c1-12-5-6-13(15(10-12)20-2)11-19-16(17)18-8-7-14-4-3-9-21-14/h3-6,9-10H,7-8,11H2,1-2H3,(H3,17,18,19). The molecule has 0 fully saturated rings. The predicted octanol–water partition coefficient (Wildman–Crippen LogP) is 3.43. The maximum Gasteiger partial charge on any atom is 0.188 e. The van der Waals surface area contributed by atoms with Crippen molar-refractivity contribution in [3.8, 4) is 0 Å². The van der Waals surface area contributed by atoms with E-state index in [0.717, 1.165) is 13.0 Å². The lowest BCUT2D eigenvalue weighted by Crippen LogP contribution is -2.33. The summed E-state index contributed by atoms with van der Waals surface area (Å²) in [7, 11) is 0. The van der Waals surface area contributed by atoms with Crippen molar-refractivity contribution in [2.45, 2.75) is 24.8 Å². The average Bonchev–Trinajstić information content (AvgIpc) is 2.99. The molecule has 1 aromatic carbocycles. The smallest absolute Gasteiger partial charge is 0.188 e.